The van der Waals surface area contributed by atoms with Gasteiger partial charge in [-0.15, -0.1) is 0 Å². The highest BCUT2D eigenvalue weighted by molar-refractivity contribution is 7.91. The third-order valence-electron chi connectivity index (χ3n) is 2.30. The van der Waals surface area contributed by atoms with Crippen LogP contribution in [0.2, 0.25) is 0 Å². The molecule has 2 heterocycles. The minimum absolute atomic E-state index is 0.00397. The van der Waals surface area contributed by atoms with Crippen molar-refractivity contribution in [2.45, 2.75) is 13.0 Å². The fraction of sp³-hybridized carbons (Fsp3) is 0.375. The Morgan fingerprint density at radius 2 is 2.32 bits per heavy atom. The number of hydrogen-bond donors (Lipinski definition) is 3. The van der Waals surface area contributed by atoms with Crippen molar-refractivity contribution in [3.63, 3.8) is 0 Å². The minimum Gasteiger partial charge on any atom is -0.318 e. The van der Waals surface area contributed by atoms with E-state index in [0.29, 0.717) is 0 Å². The van der Waals surface area contributed by atoms with Gasteiger partial charge in [0.15, 0.2) is 5.82 Å². The first kappa shape index (κ1) is 13.7. The molecule has 2 rings (SSSR count). The van der Waals surface area contributed by atoms with Crippen molar-refractivity contribution in [2.24, 2.45) is 5.73 Å². The first-order valence-electron chi connectivity index (χ1n) is 5.13. The van der Waals surface area contributed by atoms with E-state index in [1.807, 2.05) is 0 Å². The lowest BCUT2D eigenvalue weighted by molar-refractivity contribution is -0.137. The number of imide groups is 1. The standard InChI is InChI=1S/C8H11N5O4S2/c1-4-2-6(10-18-4)11-19(16,17)12-8(15)13-3-5(9)7(13)14/h2,5H,3,9H2,1H3,(H,10,11)(H,12,15). The number of aromatic nitrogens is 1. The average Bonchev–Trinajstić information content (AvgIpc) is 2.69. The van der Waals surface area contributed by atoms with Gasteiger partial charge in [-0.25, -0.2) is 14.2 Å². The second kappa shape index (κ2) is 4.75. The lowest BCUT2D eigenvalue weighted by Gasteiger charge is -2.33. The summed E-state index contributed by atoms with van der Waals surface area (Å²) in [6.07, 6.45) is 0. The maximum absolute atomic E-state index is 11.6. The van der Waals surface area contributed by atoms with Gasteiger partial charge in [-0.1, -0.05) is 0 Å². The molecule has 0 aromatic carbocycles. The molecule has 1 aliphatic heterocycles. The molecule has 9 nitrogen and oxygen atoms in total. The number of hydrogen-bond acceptors (Lipinski definition) is 7. The monoisotopic (exact) mass is 305 g/mol. The summed E-state index contributed by atoms with van der Waals surface area (Å²) in [5, 5.41) is 0. The zero-order valence-corrected chi connectivity index (χ0v) is 11.4. The summed E-state index contributed by atoms with van der Waals surface area (Å²) in [5.74, 6) is -0.508. The van der Waals surface area contributed by atoms with E-state index >= 15 is 0 Å². The topological polar surface area (TPSA) is 134 Å². The highest BCUT2D eigenvalue weighted by Crippen LogP contribution is 2.14. The second-order valence-corrected chi connectivity index (χ2v) is 6.32. The number of anilines is 1. The molecule has 0 radical (unpaired) electrons. The summed E-state index contributed by atoms with van der Waals surface area (Å²) in [7, 11) is -4.12. The molecule has 0 saturated carbocycles. The molecule has 11 heteroatoms. The lowest BCUT2D eigenvalue weighted by Crippen LogP contribution is -2.65. The number of nitrogens with zero attached hydrogens (tertiary/aromatic N) is 2. The summed E-state index contributed by atoms with van der Waals surface area (Å²) < 4.78 is 30.8. The molecule has 19 heavy (non-hydrogen) atoms. The van der Waals surface area contributed by atoms with Gasteiger partial charge in [0.2, 0.25) is 5.91 Å². The minimum atomic E-state index is -4.12. The van der Waals surface area contributed by atoms with E-state index in [9.17, 15) is 18.0 Å². The number of likely N-dealkylation sites (tertiary alicyclic amines) is 1. The number of carbonyl (C=O) groups excluding carboxylic acids is 2. The van der Waals surface area contributed by atoms with Crippen LogP contribution in [0.15, 0.2) is 6.07 Å². The summed E-state index contributed by atoms with van der Waals surface area (Å²) in [5.41, 5.74) is 5.30. The number of aryl methyl sites for hydroxylation is 1. The van der Waals surface area contributed by atoms with Crippen molar-refractivity contribution >= 4 is 39.5 Å². The Labute approximate surface area is 113 Å². The SMILES string of the molecule is Cc1cc(NS(=O)(=O)NC(=O)N2CC(N)C2=O)ns1. The Bertz CT molecular complexity index is 625. The third-order valence-corrected chi connectivity index (χ3v) is 3.91. The van der Waals surface area contributed by atoms with Crippen molar-refractivity contribution in [1.82, 2.24) is 14.0 Å². The first-order valence-corrected chi connectivity index (χ1v) is 7.39. The van der Waals surface area contributed by atoms with Crippen LogP contribution in [0.4, 0.5) is 10.6 Å². The number of carbonyl (C=O) groups is 2. The highest BCUT2D eigenvalue weighted by atomic mass is 32.2. The average molecular weight is 305 g/mol. The molecule has 1 unspecified atom stereocenters. The zero-order valence-electron chi connectivity index (χ0n) is 9.78. The third kappa shape index (κ3) is 3.00. The maximum atomic E-state index is 11.6. The molecule has 0 bridgehead atoms. The van der Waals surface area contributed by atoms with Crippen LogP contribution >= 0.6 is 11.5 Å². The van der Waals surface area contributed by atoms with Crippen LogP contribution in [0.5, 0.6) is 0 Å². The number of amides is 3. The Morgan fingerprint density at radius 3 is 2.79 bits per heavy atom. The fourth-order valence-electron chi connectivity index (χ4n) is 1.38. The van der Waals surface area contributed by atoms with Gasteiger partial charge in [-0.3, -0.25) is 9.69 Å². The largest absolute Gasteiger partial charge is 0.339 e. The summed E-state index contributed by atoms with van der Waals surface area (Å²) in [6.45, 7) is 1.75. The predicted octanol–water partition coefficient (Wildman–Crippen LogP) is -1.01. The number of urea groups is 1. The lowest BCUT2D eigenvalue weighted by atomic mass is 10.1. The van der Waals surface area contributed by atoms with Crippen LogP contribution in [-0.2, 0) is 15.0 Å². The number of nitrogens with one attached hydrogen (secondary N) is 2. The smallest absolute Gasteiger partial charge is 0.318 e. The van der Waals surface area contributed by atoms with E-state index in [1.165, 1.54) is 6.07 Å². The quantitative estimate of drug-likeness (QED) is 0.612. The molecule has 1 fully saturated rings. The number of rotatable bonds is 3. The maximum Gasteiger partial charge on any atom is 0.339 e. The van der Waals surface area contributed by atoms with E-state index in [4.69, 9.17) is 5.73 Å². The second-order valence-electron chi connectivity index (χ2n) is 3.89. The van der Waals surface area contributed by atoms with E-state index in [2.05, 4.69) is 9.10 Å². The summed E-state index contributed by atoms with van der Waals surface area (Å²) >= 11 is 1.12. The van der Waals surface area contributed by atoms with Crippen LogP contribution < -0.4 is 15.2 Å². The number of nitrogens with two attached hydrogens (primary N) is 1. The van der Waals surface area contributed by atoms with Gasteiger partial charge in [0.05, 0.1) is 6.54 Å². The first-order chi connectivity index (χ1) is 8.78. The van der Waals surface area contributed by atoms with E-state index in [1.54, 1.807) is 11.6 Å². The van der Waals surface area contributed by atoms with Gasteiger partial charge in [0.1, 0.15) is 6.04 Å². The molecule has 0 aliphatic carbocycles. The Kier molecular flexibility index (Phi) is 3.43. The van der Waals surface area contributed by atoms with Gasteiger partial charge in [0.25, 0.3) is 0 Å². The summed E-state index contributed by atoms with van der Waals surface area (Å²) in [6, 6.07) is -0.271. The van der Waals surface area contributed by atoms with Crippen LogP contribution in [0.3, 0.4) is 0 Å². The molecular formula is C8H11N5O4S2. The van der Waals surface area contributed by atoms with Crippen molar-refractivity contribution in [3.05, 3.63) is 10.9 Å². The Balaban J connectivity index is 1.98. The molecule has 3 amide bonds. The van der Waals surface area contributed by atoms with Crippen molar-refractivity contribution in [2.75, 3.05) is 11.3 Å². The van der Waals surface area contributed by atoms with Gasteiger partial charge < -0.3 is 5.73 Å². The van der Waals surface area contributed by atoms with Crippen LogP contribution in [0.1, 0.15) is 4.88 Å². The molecular weight excluding hydrogens is 294 g/mol. The van der Waals surface area contributed by atoms with Crippen LogP contribution in [0, 0.1) is 6.92 Å². The summed E-state index contributed by atoms with van der Waals surface area (Å²) in [4.78, 5) is 24.2. The zero-order chi connectivity index (χ0) is 14.2. The van der Waals surface area contributed by atoms with E-state index in [-0.39, 0.29) is 12.4 Å². The molecule has 1 aliphatic rings. The van der Waals surface area contributed by atoms with Crippen LogP contribution in [0.25, 0.3) is 0 Å². The molecule has 4 N–H and O–H groups in total. The van der Waals surface area contributed by atoms with Gasteiger partial charge in [-0.2, -0.15) is 12.8 Å². The van der Waals surface area contributed by atoms with Crippen molar-refractivity contribution in [3.8, 4) is 0 Å². The molecule has 104 valence electrons. The molecule has 1 aromatic rings. The van der Waals surface area contributed by atoms with Crippen LogP contribution in [-0.4, -0.2) is 42.2 Å². The fourth-order valence-corrected chi connectivity index (χ4v) is 2.72. The van der Waals surface area contributed by atoms with Crippen molar-refractivity contribution < 1.29 is 18.0 Å². The Hall–Kier alpha value is -1.72. The molecule has 0 spiro atoms. The Morgan fingerprint density at radius 1 is 1.63 bits per heavy atom. The van der Waals surface area contributed by atoms with E-state index in [0.717, 1.165) is 21.3 Å². The molecule has 1 aromatic heterocycles. The molecule has 1 atom stereocenters. The number of β-lactam (4-membered cyclic amide) rings is 1. The predicted molar refractivity (Wildman–Crippen MR) is 67.6 cm³/mol. The van der Waals surface area contributed by atoms with Gasteiger partial charge in [-0.05, 0) is 24.5 Å². The normalized spacial score (nSPS) is 18.9. The van der Waals surface area contributed by atoms with Crippen molar-refractivity contribution in [1.29, 1.82) is 0 Å². The van der Waals surface area contributed by atoms with Gasteiger partial charge in [0, 0.05) is 4.88 Å². The molecule has 1 saturated heterocycles. The highest BCUT2D eigenvalue weighted by Gasteiger charge is 2.39. The van der Waals surface area contributed by atoms with Gasteiger partial charge >= 0.3 is 16.2 Å². The van der Waals surface area contributed by atoms with E-state index < -0.39 is 28.2 Å².